The van der Waals surface area contributed by atoms with Gasteiger partial charge in [0, 0.05) is 27.2 Å². The van der Waals surface area contributed by atoms with E-state index in [1.54, 1.807) is 19.1 Å². The summed E-state index contributed by atoms with van der Waals surface area (Å²) in [5.41, 5.74) is 0.816. The molecule has 138 valence electrons. The van der Waals surface area contributed by atoms with Gasteiger partial charge >= 0.3 is 0 Å². The molecular weight excluding hydrogens is 320 g/mol. The maximum atomic E-state index is 13.1. The van der Waals surface area contributed by atoms with Gasteiger partial charge in [0.1, 0.15) is 6.04 Å². The number of methoxy groups -OCH3 is 2. The summed E-state index contributed by atoms with van der Waals surface area (Å²) in [5.74, 6) is -0.175. The van der Waals surface area contributed by atoms with E-state index < -0.39 is 12.3 Å². The zero-order chi connectivity index (χ0) is 18.2. The molecule has 1 aromatic rings. The molecule has 1 heterocycles. The van der Waals surface area contributed by atoms with E-state index in [9.17, 15) is 9.59 Å². The van der Waals surface area contributed by atoms with Crippen LogP contribution < -0.4 is 5.32 Å². The second-order valence-corrected chi connectivity index (χ2v) is 6.22. The molecule has 1 aromatic carbocycles. The number of hydrogen-bond acceptors (Lipinski definition) is 4. The lowest BCUT2D eigenvalue weighted by atomic mass is 10.00. The third-order valence-electron chi connectivity index (χ3n) is 4.60. The third-order valence-corrected chi connectivity index (χ3v) is 4.60. The van der Waals surface area contributed by atoms with Gasteiger partial charge in [-0.05, 0) is 24.8 Å². The topological polar surface area (TPSA) is 67.9 Å². The van der Waals surface area contributed by atoms with Crippen molar-refractivity contribution in [3.05, 3.63) is 35.9 Å². The second kappa shape index (κ2) is 9.53. The lowest BCUT2D eigenvalue weighted by Gasteiger charge is -2.35. The molecule has 0 radical (unpaired) electrons. The van der Waals surface area contributed by atoms with Gasteiger partial charge in [-0.25, -0.2) is 0 Å². The predicted octanol–water partition coefficient (Wildman–Crippen LogP) is 2.25. The first-order valence-corrected chi connectivity index (χ1v) is 8.82. The molecule has 1 N–H and O–H groups in total. The van der Waals surface area contributed by atoms with E-state index in [1.807, 2.05) is 37.3 Å². The molecule has 0 bridgehead atoms. The van der Waals surface area contributed by atoms with Gasteiger partial charge in [-0.15, -0.1) is 0 Å². The van der Waals surface area contributed by atoms with Gasteiger partial charge < -0.3 is 19.7 Å². The zero-order valence-corrected chi connectivity index (χ0v) is 15.2. The van der Waals surface area contributed by atoms with Gasteiger partial charge in [0.05, 0.1) is 6.04 Å². The molecule has 2 amide bonds. The highest BCUT2D eigenvalue weighted by atomic mass is 16.7. The summed E-state index contributed by atoms with van der Waals surface area (Å²) in [6, 6.07) is 8.53. The van der Waals surface area contributed by atoms with Gasteiger partial charge in [0.25, 0.3) is 0 Å². The fraction of sp³-hybridized carbons (Fsp3) is 0.579. The lowest BCUT2D eigenvalue weighted by molar-refractivity contribution is -0.148. The van der Waals surface area contributed by atoms with Crippen LogP contribution >= 0.6 is 0 Å². The van der Waals surface area contributed by atoms with E-state index in [2.05, 4.69) is 5.32 Å². The predicted molar refractivity (Wildman–Crippen MR) is 94.8 cm³/mol. The molecule has 25 heavy (non-hydrogen) atoms. The Hall–Kier alpha value is -1.92. The highest BCUT2D eigenvalue weighted by Crippen LogP contribution is 2.26. The van der Waals surface area contributed by atoms with E-state index in [0.717, 1.165) is 18.4 Å². The van der Waals surface area contributed by atoms with Crippen molar-refractivity contribution in [1.29, 1.82) is 0 Å². The first kappa shape index (κ1) is 19.4. The average molecular weight is 348 g/mol. The Morgan fingerprint density at radius 2 is 1.88 bits per heavy atom. The number of rotatable bonds is 8. The van der Waals surface area contributed by atoms with E-state index >= 15 is 0 Å². The minimum Gasteiger partial charge on any atom is -0.354 e. The molecule has 2 atom stereocenters. The first-order valence-electron chi connectivity index (χ1n) is 8.82. The van der Waals surface area contributed by atoms with Crippen LogP contribution in [0, 0.1) is 0 Å². The van der Waals surface area contributed by atoms with Crippen LogP contribution in [0.25, 0.3) is 0 Å². The highest BCUT2D eigenvalue weighted by molar-refractivity contribution is 5.89. The van der Waals surface area contributed by atoms with Crippen molar-refractivity contribution in [3.8, 4) is 0 Å². The van der Waals surface area contributed by atoms with Gasteiger partial charge in [-0.1, -0.05) is 37.3 Å². The SMILES string of the molecule is CC[C@H](NC(=O)[C@@H](c1ccccc1)N1CCCCC1=O)C(OC)OC. The van der Waals surface area contributed by atoms with Gasteiger partial charge in [-0.3, -0.25) is 9.59 Å². The highest BCUT2D eigenvalue weighted by Gasteiger charge is 2.34. The van der Waals surface area contributed by atoms with Crippen molar-refractivity contribution in [2.75, 3.05) is 20.8 Å². The van der Waals surface area contributed by atoms with Gasteiger partial charge in [0.15, 0.2) is 6.29 Å². The van der Waals surface area contributed by atoms with Crippen LogP contribution in [0.4, 0.5) is 0 Å². The Bertz CT molecular complexity index is 560. The molecule has 1 aliphatic rings. The Kier molecular flexibility index (Phi) is 7.40. The molecular formula is C19H28N2O4. The Morgan fingerprint density at radius 3 is 2.44 bits per heavy atom. The van der Waals surface area contributed by atoms with E-state index in [4.69, 9.17) is 9.47 Å². The normalized spacial score (nSPS) is 17.4. The average Bonchev–Trinajstić information content (AvgIpc) is 2.64. The van der Waals surface area contributed by atoms with Crippen LogP contribution in [0.5, 0.6) is 0 Å². The molecule has 0 aromatic heterocycles. The number of nitrogens with one attached hydrogen (secondary N) is 1. The van der Waals surface area contributed by atoms with Crippen molar-refractivity contribution >= 4 is 11.8 Å². The molecule has 1 saturated heterocycles. The Morgan fingerprint density at radius 1 is 1.20 bits per heavy atom. The van der Waals surface area contributed by atoms with Crippen molar-refractivity contribution in [3.63, 3.8) is 0 Å². The quantitative estimate of drug-likeness (QED) is 0.732. The van der Waals surface area contributed by atoms with E-state index in [1.165, 1.54) is 0 Å². The summed E-state index contributed by atoms with van der Waals surface area (Å²) in [7, 11) is 3.09. The molecule has 0 spiro atoms. The number of hydrogen-bond donors (Lipinski definition) is 1. The second-order valence-electron chi connectivity index (χ2n) is 6.22. The van der Waals surface area contributed by atoms with Gasteiger partial charge in [0.2, 0.25) is 11.8 Å². The lowest BCUT2D eigenvalue weighted by Crippen LogP contribution is -2.51. The fourth-order valence-corrected chi connectivity index (χ4v) is 3.26. The number of ether oxygens (including phenoxy) is 2. The molecule has 6 heteroatoms. The molecule has 0 saturated carbocycles. The Labute approximate surface area is 149 Å². The molecule has 0 aliphatic carbocycles. The van der Waals surface area contributed by atoms with E-state index in [0.29, 0.717) is 19.4 Å². The smallest absolute Gasteiger partial charge is 0.247 e. The largest absolute Gasteiger partial charge is 0.354 e. The number of benzene rings is 1. The van der Waals surface area contributed by atoms with Crippen molar-refractivity contribution in [2.24, 2.45) is 0 Å². The number of likely N-dealkylation sites (tertiary alicyclic amines) is 1. The maximum absolute atomic E-state index is 13.1. The van der Waals surface area contributed by atoms with Crippen molar-refractivity contribution < 1.29 is 19.1 Å². The molecule has 6 nitrogen and oxygen atoms in total. The summed E-state index contributed by atoms with van der Waals surface area (Å²) < 4.78 is 10.6. The molecule has 1 fully saturated rings. The monoisotopic (exact) mass is 348 g/mol. The van der Waals surface area contributed by atoms with Crippen LogP contribution in [-0.4, -0.2) is 49.8 Å². The fourth-order valence-electron chi connectivity index (χ4n) is 3.26. The standard InChI is InChI=1S/C19H28N2O4/c1-4-15(19(24-2)25-3)20-18(23)17(14-10-6-5-7-11-14)21-13-9-8-12-16(21)22/h5-7,10-11,15,17,19H,4,8-9,12-13H2,1-3H3,(H,20,23)/t15-,17+/m0/s1. The third kappa shape index (κ3) is 4.80. The summed E-state index contributed by atoms with van der Waals surface area (Å²) in [6.07, 6.45) is 2.42. The summed E-state index contributed by atoms with van der Waals surface area (Å²) in [5, 5.41) is 3.00. The summed E-state index contributed by atoms with van der Waals surface area (Å²) in [4.78, 5) is 27.2. The minimum absolute atomic E-state index is 0.0262. The number of piperidine rings is 1. The van der Waals surface area contributed by atoms with Crippen molar-refractivity contribution in [2.45, 2.75) is 51.0 Å². The Balaban J connectivity index is 2.25. The molecule has 2 rings (SSSR count). The minimum atomic E-state index is -0.627. The van der Waals surface area contributed by atoms with Gasteiger partial charge in [-0.2, -0.15) is 0 Å². The molecule has 1 aliphatic heterocycles. The van der Waals surface area contributed by atoms with Crippen LogP contribution in [-0.2, 0) is 19.1 Å². The summed E-state index contributed by atoms with van der Waals surface area (Å²) >= 11 is 0. The summed E-state index contributed by atoms with van der Waals surface area (Å²) in [6.45, 7) is 2.56. The van der Waals surface area contributed by atoms with Crippen LogP contribution in [0.1, 0.15) is 44.2 Å². The zero-order valence-electron chi connectivity index (χ0n) is 15.2. The van der Waals surface area contributed by atoms with Crippen molar-refractivity contribution in [1.82, 2.24) is 10.2 Å². The van der Waals surface area contributed by atoms with Crippen LogP contribution in [0.2, 0.25) is 0 Å². The maximum Gasteiger partial charge on any atom is 0.247 e. The number of nitrogens with zero attached hydrogens (tertiary/aromatic N) is 1. The van der Waals surface area contributed by atoms with E-state index in [-0.39, 0.29) is 17.9 Å². The number of carbonyl (C=O) groups excluding carboxylic acids is 2. The van der Waals surface area contributed by atoms with Crippen LogP contribution in [0.15, 0.2) is 30.3 Å². The number of carbonyl (C=O) groups is 2. The number of amides is 2. The molecule has 0 unspecified atom stereocenters. The first-order chi connectivity index (χ1) is 12.1. The van der Waals surface area contributed by atoms with Crippen LogP contribution in [0.3, 0.4) is 0 Å².